The lowest BCUT2D eigenvalue weighted by Crippen LogP contribution is -2.06. The molecule has 0 aromatic carbocycles. The number of unbranched alkanes of at least 4 members (excludes halogenated alkanes) is 9. The Kier molecular flexibility index (Phi) is 15.8. The molecule has 1 atom stereocenters. The second-order valence-electron chi connectivity index (χ2n) is 5.98. The Morgan fingerprint density at radius 3 is 2.27 bits per heavy atom. The molecule has 0 bridgehead atoms. The van der Waals surface area contributed by atoms with E-state index in [4.69, 9.17) is 10.4 Å². The zero-order valence-corrected chi connectivity index (χ0v) is 14.1. The van der Waals surface area contributed by atoms with Gasteiger partial charge in [0.1, 0.15) is 6.10 Å². The molecule has 0 saturated carbocycles. The molecule has 0 aliphatic rings. The van der Waals surface area contributed by atoms with E-state index in [1.165, 1.54) is 32.1 Å². The summed E-state index contributed by atoms with van der Waals surface area (Å²) in [7, 11) is 0. The van der Waals surface area contributed by atoms with E-state index >= 15 is 0 Å². The summed E-state index contributed by atoms with van der Waals surface area (Å²) in [5.41, 5.74) is 0. The van der Waals surface area contributed by atoms with Crippen LogP contribution in [-0.2, 0) is 9.68 Å². The van der Waals surface area contributed by atoms with Crippen molar-refractivity contribution in [3.8, 4) is 0 Å². The highest BCUT2D eigenvalue weighted by Gasteiger charge is 2.03. The van der Waals surface area contributed by atoms with Gasteiger partial charge >= 0.3 is 5.97 Å². The molecule has 0 saturated heterocycles. The van der Waals surface area contributed by atoms with Crippen LogP contribution < -0.4 is 0 Å². The third-order valence-corrected chi connectivity index (χ3v) is 3.84. The molecule has 0 spiro atoms. The Morgan fingerprint density at radius 1 is 1.00 bits per heavy atom. The number of hydrogen-bond acceptors (Lipinski definition) is 3. The lowest BCUT2D eigenvalue weighted by atomic mass is 10.1. The van der Waals surface area contributed by atoms with Gasteiger partial charge in [0.05, 0.1) is 0 Å². The van der Waals surface area contributed by atoms with Crippen LogP contribution in [0.25, 0.3) is 0 Å². The Labute approximate surface area is 135 Å². The van der Waals surface area contributed by atoms with Gasteiger partial charge in [-0.1, -0.05) is 70.4 Å². The van der Waals surface area contributed by atoms with Gasteiger partial charge in [-0.3, -0.25) is 10.1 Å². The smallest absolute Gasteiger partial charge is 0.303 e. The van der Waals surface area contributed by atoms with Crippen LogP contribution in [0.2, 0.25) is 0 Å². The molecule has 0 aromatic rings. The van der Waals surface area contributed by atoms with Crippen LogP contribution in [0.1, 0.15) is 90.4 Å². The summed E-state index contributed by atoms with van der Waals surface area (Å²) in [4.78, 5) is 14.8. The van der Waals surface area contributed by atoms with E-state index in [9.17, 15) is 4.79 Å². The van der Waals surface area contributed by atoms with Crippen molar-refractivity contribution >= 4 is 5.97 Å². The van der Waals surface area contributed by atoms with Gasteiger partial charge in [-0.2, -0.15) is 0 Å². The molecular formula is C18H34O4. The van der Waals surface area contributed by atoms with Gasteiger partial charge in [0, 0.05) is 6.42 Å². The van der Waals surface area contributed by atoms with Crippen LogP contribution in [0.5, 0.6) is 0 Å². The predicted octanol–water partition coefficient (Wildman–Crippen LogP) is 5.58. The molecule has 22 heavy (non-hydrogen) atoms. The number of hydrogen-bond donors (Lipinski definition) is 2. The second-order valence-corrected chi connectivity index (χ2v) is 5.98. The standard InChI is InChI=1S/C18H34O4/c1-2-3-4-11-14-17(22-21)15-12-9-7-5-6-8-10-13-16-18(19)20/h12,15,17,21H,2-11,13-14,16H2,1H3,(H,19,20)/b15-12+. The van der Waals surface area contributed by atoms with Crippen molar-refractivity contribution < 1.29 is 20.0 Å². The van der Waals surface area contributed by atoms with E-state index in [2.05, 4.69) is 17.9 Å². The molecule has 4 heteroatoms. The highest BCUT2D eigenvalue weighted by molar-refractivity contribution is 5.66. The van der Waals surface area contributed by atoms with Crippen molar-refractivity contribution in [1.29, 1.82) is 0 Å². The first-order valence-corrected chi connectivity index (χ1v) is 8.89. The zero-order chi connectivity index (χ0) is 16.5. The largest absolute Gasteiger partial charge is 0.481 e. The van der Waals surface area contributed by atoms with Crippen molar-refractivity contribution in [3.05, 3.63) is 12.2 Å². The molecule has 0 rings (SSSR count). The van der Waals surface area contributed by atoms with Gasteiger partial charge in [-0.25, -0.2) is 4.89 Å². The first kappa shape index (κ1) is 21.1. The molecule has 0 heterocycles. The van der Waals surface area contributed by atoms with Crippen molar-refractivity contribution in [3.63, 3.8) is 0 Å². The van der Waals surface area contributed by atoms with E-state index in [0.717, 1.165) is 44.9 Å². The van der Waals surface area contributed by atoms with Gasteiger partial charge < -0.3 is 5.11 Å². The average Bonchev–Trinajstić information content (AvgIpc) is 2.50. The minimum Gasteiger partial charge on any atom is -0.481 e. The number of aliphatic carboxylic acids is 1. The summed E-state index contributed by atoms with van der Waals surface area (Å²) in [5.74, 6) is -0.694. The first-order valence-electron chi connectivity index (χ1n) is 8.89. The molecule has 4 nitrogen and oxygen atoms in total. The highest BCUT2D eigenvalue weighted by atomic mass is 17.1. The number of carboxylic acids is 1. The Hall–Kier alpha value is -0.870. The zero-order valence-electron chi connectivity index (χ0n) is 14.1. The maximum absolute atomic E-state index is 10.3. The molecule has 0 aromatic heterocycles. The lowest BCUT2D eigenvalue weighted by Gasteiger charge is -2.08. The fraction of sp³-hybridized carbons (Fsp3) is 0.833. The molecule has 1 unspecified atom stereocenters. The maximum atomic E-state index is 10.3. The summed E-state index contributed by atoms with van der Waals surface area (Å²) >= 11 is 0. The van der Waals surface area contributed by atoms with Crippen LogP contribution in [-0.4, -0.2) is 22.4 Å². The van der Waals surface area contributed by atoms with E-state index in [1.54, 1.807) is 0 Å². The van der Waals surface area contributed by atoms with Crippen LogP contribution in [0, 0.1) is 0 Å². The van der Waals surface area contributed by atoms with E-state index in [1.807, 2.05) is 6.08 Å². The lowest BCUT2D eigenvalue weighted by molar-refractivity contribution is -0.267. The number of rotatable bonds is 16. The molecule has 0 aliphatic heterocycles. The van der Waals surface area contributed by atoms with Gasteiger partial charge in [0.2, 0.25) is 0 Å². The summed E-state index contributed by atoms with van der Waals surface area (Å²) in [5, 5.41) is 17.4. The third kappa shape index (κ3) is 15.5. The molecule has 0 aliphatic carbocycles. The SMILES string of the molecule is CCCCCCC(/C=C/CCCCCCCCC(=O)O)OO. The van der Waals surface area contributed by atoms with Crippen molar-refractivity contribution in [2.24, 2.45) is 0 Å². The van der Waals surface area contributed by atoms with Gasteiger partial charge in [0.25, 0.3) is 0 Å². The number of allylic oxidation sites excluding steroid dienone is 1. The molecule has 130 valence electrons. The quantitative estimate of drug-likeness (QED) is 0.169. The minimum atomic E-state index is -0.694. The minimum absolute atomic E-state index is 0.159. The van der Waals surface area contributed by atoms with Crippen LogP contribution >= 0.6 is 0 Å². The molecule has 2 N–H and O–H groups in total. The predicted molar refractivity (Wildman–Crippen MR) is 90.0 cm³/mol. The van der Waals surface area contributed by atoms with E-state index < -0.39 is 5.97 Å². The highest BCUT2D eigenvalue weighted by Crippen LogP contribution is 2.11. The Morgan fingerprint density at radius 2 is 1.64 bits per heavy atom. The van der Waals surface area contributed by atoms with Gasteiger partial charge in [0.15, 0.2) is 0 Å². The van der Waals surface area contributed by atoms with Crippen LogP contribution in [0.15, 0.2) is 12.2 Å². The Balaban J connectivity index is 3.41. The monoisotopic (exact) mass is 314 g/mol. The van der Waals surface area contributed by atoms with Crippen molar-refractivity contribution in [2.45, 2.75) is 96.5 Å². The third-order valence-electron chi connectivity index (χ3n) is 3.84. The van der Waals surface area contributed by atoms with Gasteiger partial charge in [-0.05, 0) is 25.7 Å². The van der Waals surface area contributed by atoms with E-state index in [0.29, 0.717) is 6.42 Å². The summed E-state index contributed by atoms with van der Waals surface area (Å²) in [6.45, 7) is 2.19. The fourth-order valence-corrected chi connectivity index (χ4v) is 2.45. The summed E-state index contributed by atoms with van der Waals surface area (Å²) in [6.07, 6.45) is 17.3. The number of carbonyl (C=O) groups is 1. The second kappa shape index (κ2) is 16.5. The fourth-order valence-electron chi connectivity index (χ4n) is 2.45. The average molecular weight is 314 g/mol. The Bertz CT molecular complexity index is 276. The topological polar surface area (TPSA) is 66.8 Å². The van der Waals surface area contributed by atoms with E-state index in [-0.39, 0.29) is 6.10 Å². The summed E-state index contributed by atoms with van der Waals surface area (Å²) in [6, 6.07) is 0. The molecular weight excluding hydrogens is 280 g/mol. The van der Waals surface area contributed by atoms with Crippen LogP contribution in [0.3, 0.4) is 0 Å². The molecule has 0 radical (unpaired) electrons. The normalized spacial score (nSPS) is 12.8. The summed E-state index contributed by atoms with van der Waals surface area (Å²) < 4.78 is 0. The van der Waals surface area contributed by atoms with Crippen LogP contribution in [0.4, 0.5) is 0 Å². The van der Waals surface area contributed by atoms with Gasteiger partial charge in [-0.15, -0.1) is 0 Å². The molecule has 0 amide bonds. The molecule has 0 fully saturated rings. The first-order chi connectivity index (χ1) is 10.7. The van der Waals surface area contributed by atoms with Crippen molar-refractivity contribution in [2.75, 3.05) is 0 Å². The number of carboxylic acid groups (broad SMARTS) is 1. The van der Waals surface area contributed by atoms with Crippen molar-refractivity contribution in [1.82, 2.24) is 0 Å². The maximum Gasteiger partial charge on any atom is 0.303 e.